The first kappa shape index (κ1) is 20.8. The van der Waals surface area contributed by atoms with Crippen LogP contribution in [-0.2, 0) is 22.7 Å². The second-order valence-corrected chi connectivity index (χ2v) is 8.19. The third-order valence-electron chi connectivity index (χ3n) is 5.80. The summed E-state index contributed by atoms with van der Waals surface area (Å²) < 4.78 is 2.11. The van der Waals surface area contributed by atoms with E-state index in [9.17, 15) is 9.59 Å². The number of benzene rings is 2. The van der Waals surface area contributed by atoms with E-state index in [2.05, 4.69) is 14.9 Å². The number of hydrogen-bond acceptors (Lipinski definition) is 3. The molecule has 1 aliphatic heterocycles. The van der Waals surface area contributed by atoms with Crippen LogP contribution in [0.5, 0.6) is 0 Å². The lowest BCUT2D eigenvalue weighted by Crippen LogP contribution is -2.34. The van der Waals surface area contributed by atoms with Crippen LogP contribution in [0.15, 0.2) is 60.8 Å². The number of carbonyl (C=O) groups excluding carboxylic acids is 2. The predicted octanol–water partition coefficient (Wildman–Crippen LogP) is 3.33. The van der Waals surface area contributed by atoms with Crippen LogP contribution in [0.3, 0.4) is 0 Å². The second kappa shape index (κ2) is 9.16. The van der Waals surface area contributed by atoms with Gasteiger partial charge in [0.15, 0.2) is 0 Å². The zero-order valence-electron chi connectivity index (χ0n) is 18.0. The number of rotatable bonds is 7. The number of imidazole rings is 1. The highest BCUT2D eigenvalue weighted by Crippen LogP contribution is 2.21. The van der Waals surface area contributed by atoms with Crippen LogP contribution < -0.4 is 5.32 Å². The molecule has 4 rings (SSSR count). The van der Waals surface area contributed by atoms with Gasteiger partial charge in [-0.1, -0.05) is 60.2 Å². The first-order valence-electron chi connectivity index (χ1n) is 10.7. The zero-order chi connectivity index (χ0) is 21.8. The molecule has 0 bridgehead atoms. The Kier molecular flexibility index (Phi) is 6.16. The maximum atomic E-state index is 12.7. The Morgan fingerprint density at radius 2 is 1.84 bits per heavy atom. The van der Waals surface area contributed by atoms with Gasteiger partial charge in [-0.3, -0.25) is 9.59 Å². The average molecular weight is 417 g/mol. The summed E-state index contributed by atoms with van der Waals surface area (Å²) in [5, 5.41) is 3.01. The van der Waals surface area contributed by atoms with Crippen molar-refractivity contribution < 1.29 is 9.59 Å². The Bertz CT molecular complexity index is 1060. The van der Waals surface area contributed by atoms with Gasteiger partial charge in [0, 0.05) is 50.1 Å². The molecule has 2 heterocycles. The van der Waals surface area contributed by atoms with Crippen LogP contribution >= 0.6 is 0 Å². The molecule has 1 saturated heterocycles. The van der Waals surface area contributed by atoms with E-state index in [1.54, 1.807) is 4.90 Å². The van der Waals surface area contributed by atoms with Gasteiger partial charge in [0.1, 0.15) is 5.82 Å². The smallest absolute Gasteiger partial charge is 0.225 e. The molecule has 1 aromatic heterocycles. The maximum absolute atomic E-state index is 12.7. The number of likely N-dealkylation sites (tertiary alicyclic amines) is 1. The number of aryl methyl sites for hydroxylation is 2. The topological polar surface area (TPSA) is 67.2 Å². The average Bonchev–Trinajstić information content (AvgIpc) is 3.33. The Balaban J connectivity index is 1.31. The van der Waals surface area contributed by atoms with E-state index in [0.717, 1.165) is 22.6 Å². The van der Waals surface area contributed by atoms with Gasteiger partial charge in [-0.25, -0.2) is 4.98 Å². The molecule has 1 unspecified atom stereocenters. The van der Waals surface area contributed by atoms with Gasteiger partial charge in [0.05, 0.1) is 5.92 Å². The van der Waals surface area contributed by atoms with Gasteiger partial charge in [-0.2, -0.15) is 0 Å². The molecule has 1 aliphatic rings. The number of nitrogens with zero attached hydrogens (tertiary/aromatic N) is 3. The monoisotopic (exact) mass is 416 g/mol. The van der Waals surface area contributed by atoms with Crippen molar-refractivity contribution in [1.29, 1.82) is 0 Å². The summed E-state index contributed by atoms with van der Waals surface area (Å²) >= 11 is 0. The third-order valence-corrected chi connectivity index (χ3v) is 5.80. The molecule has 0 saturated carbocycles. The van der Waals surface area contributed by atoms with Crippen molar-refractivity contribution in [2.75, 3.05) is 13.1 Å². The minimum atomic E-state index is -0.296. The van der Waals surface area contributed by atoms with E-state index in [1.165, 1.54) is 5.56 Å². The van der Waals surface area contributed by atoms with Crippen LogP contribution in [0.25, 0.3) is 11.4 Å². The fraction of sp³-hybridized carbons (Fsp3) is 0.320. The van der Waals surface area contributed by atoms with Crippen molar-refractivity contribution in [2.45, 2.75) is 33.4 Å². The summed E-state index contributed by atoms with van der Waals surface area (Å²) in [7, 11) is 0. The third kappa shape index (κ3) is 4.85. The molecule has 1 fully saturated rings. The zero-order valence-corrected chi connectivity index (χ0v) is 18.0. The lowest BCUT2D eigenvalue weighted by atomic mass is 10.1. The van der Waals surface area contributed by atoms with Crippen LogP contribution in [0.4, 0.5) is 0 Å². The molecule has 0 spiro atoms. The molecule has 6 nitrogen and oxygen atoms in total. The van der Waals surface area contributed by atoms with Gasteiger partial charge < -0.3 is 14.8 Å². The fourth-order valence-electron chi connectivity index (χ4n) is 4.01. The van der Waals surface area contributed by atoms with Crippen molar-refractivity contribution in [2.24, 2.45) is 5.92 Å². The van der Waals surface area contributed by atoms with E-state index < -0.39 is 0 Å². The van der Waals surface area contributed by atoms with E-state index in [1.807, 2.05) is 74.6 Å². The molecule has 2 amide bonds. The van der Waals surface area contributed by atoms with Gasteiger partial charge >= 0.3 is 0 Å². The van der Waals surface area contributed by atoms with Crippen molar-refractivity contribution in [3.63, 3.8) is 0 Å². The molecule has 160 valence electrons. The summed E-state index contributed by atoms with van der Waals surface area (Å²) in [5.41, 5.74) is 4.38. The van der Waals surface area contributed by atoms with Crippen LogP contribution in [0, 0.1) is 19.8 Å². The quantitative estimate of drug-likeness (QED) is 0.642. The molecule has 1 N–H and O–H groups in total. The number of nitrogens with one attached hydrogen (secondary N) is 1. The number of aromatic nitrogens is 2. The first-order chi connectivity index (χ1) is 15.0. The van der Waals surface area contributed by atoms with Crippen molar-refractivity contribution in [3.8, 4) is 11.4 Å². The Hall–Kier alpha value is -3.41. The highest BCUT2D eigenvalue weighted by molar-refractivity contribution is 5.89. The summed E-state index contributed by atoms with van der Waals surface area (Å²) in [5.74, 6) is 0.583. The van der Waals surface area contributed by atoms with Gasteiger partial charge in [0.2, 0.25) is 11.8 Å². The molecule has 0 aliphatic carbocycles. The van der Waals surface area contributed by atoms with Gasteiger partial charge in [0.25, 0.3) is 0 Å². The second-order valence-electron chi connectivity index (χ2n) is 8.19. The Labute approximate surface area is 182 Å². The molecule has 6 heteroatoms. The molecule has 3 aromatic rings. The van der Waals surface area contributed by atoms with E-state index in [4.69, 9.17) is 0 Å². The molecule has 0 radical (unpaired) electrons. The van der Waals surface area contributed by atoms with Crippen molar-refractivity contribution >= 4 is 11.8 Å². The summed E-state index contributed by atoms with van der Waals surface area (Å²) in [4.78, 5) is 31.4. The predicted molar refractivity (Wildman–Crippen MR) is 120 cm³/mol. The SMILES string of the molecule is Cc1ccc(CN2CC(C(=O)NCCn3c(C)cnc3-c3ccccc3)CC2=O)cc1. The summed E-state index contributed by atoms with van der Waals surface area (Å²) in [6.45, 7) is 6.21. The van der Waals surface area contributed by atoms with Crippen molar-refractivity contribution in [1.82, 2.24) is 19.8 Å². The van der Waals surface area contributed by atoms with Crippen molar-refractivity contribution in [3.05, 3.63) is 77.6 Å². The van der Waals surface area contributed by atoms with Crippen LogP contribution in [0.2, 0.25) is 0 Å². The molecular weight excluding hydrogens is 388 g/mol. The first-order valence-corrected chi connectivity index (χ1v) is 10.7. The Morgan fingerprint density at radius 1 is 1.10 bits per heavy atom. The van der Waals surface area contributed by atoms with Crippen LogP contribution in [0.1, 0.15) is 23.2 Å². The maximum Gasteiger partial charge on any atom is 0.225 e. The highest BCUT2D eigenvalue weighted by atomic mass is 16.2. The minimum absolute atomic E-state index is 0.0394. The number of hydrogen-bond donors (Lipinski definition) is 1. The number of amides is 2. The summed E-state index contributed by atoms with van der Waals surface area (Å²) in [6, 6.07) is 18.2. The summed E-state index contributed by atoms with van der Waals surface area (Å²) in [6.07, 6.45) is 2.12. The van der Waals surface area contributed by atoms with E-state index in [-0.39, 0.29) is 24.2 Å². The van der Waals surface area contributed by atoms with E-state index >= 15 is 0 Å². The van der Waals surface area contributed by atoms with E-state index in [0.29, 0.717) is 26.2 Å². The van der Waals surface area contributed by atoms with Gasteiger partial charge in [-0.15, -0.1) is 0 Å². The Morgan fingerprint density at radius 3 is 2.58 bits per heavy atom. The van der Waals surface area contributed by atoms with Crippen LogP contribution in [-0.4, -0.2) is 39.4 Å². The molecule has 1 atom stereocenters. The lowest BCUT2D eigenvalue weighted by Gasteiger charge is -2.17. The standard InChI is InChI=1S/C25H28N4O2/c1-18-8-10-20(11-9-18)16-28-17-22(14-23(28)30)25(31)26-12-13-29-19(2)15-27-24(29)21-6-4-3-5-7-21/h3-11,15,22H,12-14,16-17H2,1-2H3,(H,26,31). The largest absolute Gasteiger partial charge is 0.354 e. The normalized spacial score (nSPS) is 16.0. The lowest BCUT2D eigenvalue weighted by molar-refractivity contribution is -0.129. The van der Waals surface area contributed by atoms with Gasteiger partial charge in [-0.05, 0) is 19.4 Å². The molecule has 2 aromatic carbocycles. The minimum Gasteiger partial charge on any atom is -0.354 e. The highest BCUT2D eigenvalue weighted by Gasteiger charge is 2.34. The molecule has 31 heavy (non-hydrogen) atoms. The fourth-order valence-corrected chi connectivity index (χ4v) is 4.01. The molecular formula is C25H28N4O2. The number of carbonyl (C=O) groups is 2.